The maximum atomic E-state index is 13.2. The van der Waals surface area contributed by atoms with Crippen molar-refractivity contribution in [2.75, 3.05) is 0 Å². The van der Waals surface area contributed by atoms with Gasteiger partial charge in [0.1, 0.15) is 11.6 Å². The smallest absolute Gasteiger partial charge is 0.193 e. The van der Waals surface area contributed by atoms with Gasteiger partial charge in [0.2, 0.25) is 0 Å². The van der Waals surface area contributed by atoms with Gasteiger partial charge in [-0.3, -0.25) is 0 Å². The molecule has 0 unspecified atom stereocenters. The van der Waals surface area contributed by atoms with Crippen LogP contribution in [0.3, 0.4) is 0 Å². The van der Waals surface area contributed by atoms with Gasteiger partial charge in [-0.25, -0.2) is 22.4 Å². The minimum atomic E-state index is -1.83. The molecule has 1 rings (SSSR count). The molecule has 0 atom stereocenters. The van der Waals surface area contributed by atoms with Crippen LogP contribution < -0.4 is 0 Å². The third kappa shape index (κ3) is 1.51. The van der Waals surface area contributed by atoms with Gasteiger partial charge in [0, 0.05) is 0 Å². The van der Waals surface area contributed by atoms with E-state index in [9.17, 15) is 17.6 Å². The topological polar surface area (TPSA) is 28.1 Å². The molecule has 80 valence electrons. The quantitative estimate of drug-likeness (QED) is 0.411. The molecule has 0 saturated carbocycles. The zero-order valence-electron chi connectivity index (χ0n) is 7.61. The van der Waals surface area contributed by atoms with Crippen molar-refractivity contribution in [3.8, 4) is 6.07 Å². The minimum Gasteiger partial charge on any atom is -0.238 e. The van der Waals surface area contributed by atoms with Crippen LogP contribution in [0.2, 0.25) is 0 Å². The molecule has 0 aliphatic heterocycles. The number of benzene rings is 1. The van der Waals surface area contributed by atoms with E-state index in [1.54, 1.807) is 0 Å². The normalized spacial score (nSPS) is 9.38. The van der Waals surface area contributed by atoms with Gasteiger partial charge in [0.05, 0.1) is 12.1 Å². The van der Waals surface area contributed by atoms with E-state index in [1.807, 2.05) is 0 Å². The molecule has 0 amide bonds. The highest BCUT2D eigenvalue weighted by Gasteiger charge is 2.26. The van der Waals surface area contributed by atoms with E-state index in [1.165, 1.54) is 0 Å². The molecule has 0 aliphatic rings. The standard InChI is InChI=1S/C10H2F4N2/c1-4(16-2)6-9(13)7(11)5(3-15)8(12)10(6)14/h1H2. The summed E-state index contributed by atoms with van der Waals surface area (Å²) in [7, 11) is 0. The summed E-state index contributed by atoms with van der Waals surface area (Å²) >= 11 is 0. The molecule has 16 heavy (non-hydrogen) atoms. The Labute approximate surface area is 87.9 Å². The fourth-order valence-corrected chi connectivity index (χ4v) is 1.04. The lowest BCUT2D eigenvalue weighted by molar-refractivity contribution is 0.447. The van der Waals surface area contributed by atoms with Crippen LogP contribution >= 0.6 is 0 Å². The van der Waals surface area contributed by atoms with Crippen LogP contribution in [-0.2, 0) is 0 Å². The summed E-state index contributed by atoms with van der Waals surface area (Å²) in [6, 6.07) is 0.992. The third-order valence-corrected chi connectivity index (χ3v) is 1.80. The highest BCUT2D eigenvalue weighted by molar-refractivity contribution is 5.70. The summed E-state index contributed by atoms with van der Waals surface area (Å²) < 4.78 is 52.5. The third-order valence-electron chi connectivity index (χ3n) is 1.80. The Hall–Kier alpha value is -2.34. The van der Waals surface area contributed by atoms with Crippen LogP contribution in [0.15, 0.2) is 6.58 Å². The second-order valence-corrected chi connectivity index (χ2v) is 2.68. The second-order valence-electron chi connectivity index (χ2n) is 2.68. The van der Waals surface area contributed by atoms with Crippen LogP contribution in [0.5, 0.6) is 0 Å². The molecular weight excluding hydrogens is 224 g/mol. The molecule has 1 aromatic carbocycles. The number of halogens is 4. The molecule has 6 heteroatoms. The molecule has 0 heterocycles. The molecule has 0 saturated heterocycles. The van der Waals surface area contributed by atoms with E-state index in [0.29, 0.717) is 0 Å². The Kier molecular flexibility index (Phi) is 2.96. The van der Waals surface area contributed by atoms with E-state index in [4.69, 9.17) is 11.8 Å². The van der Waals surface area contributed by atoms with E-state index < -0.39 is 40.1 Å². The van der Waals surface area contributed by atoms with Crippen molar-refractivity contribution in [3.05, 3.63) is 52.4 Å². The summed E-state index contributed by atoms with van der Waals surface area (Å²) in [4.78, 5) is 2.58. The summed E-state index contributed by atoms with van der Waals surface area (Å²) in [5.41, 5.74) is -3.34. The Morgan fingerprint density at radius 1 is 1.12 bits per heavy atom. The SMILES string of the molecule is [C-]#[N+]C(=C)c1c(F)c(F)c(C#N)c(F)c1F. The van der Waals surface area contributed by atoms with Crippen LogP contribution in [0, 0.1) is 41.2 Å². The predicted octanol–water partition coefficient (Wildman–Crippen LogP) is 3.00. The lowest BCUT2D eigenvalue weighted by atomic mass is 10.1. The van der Waals surface area contributed by atoms with Crippen LogP contribution in [-0.4, -0.2) is 0 Å². The maximum Gasteiger partial charge on any atom is 0.193 e. The highest BCUT2D eigenvalue weighted by atomic mass is 19.2. The first-order valence-electron chi connectivity index (χ1n) is 3.78. The first-order chi connectivity index (χ1) is 7.45. The van der Waals surface area contributed by atoms with Crippen molar-refractivity contribution in [2.45, 2.75) is 0 Å². The molecule has 0 radical (unpaired) electrons. The highest BCUT2D eigenvalue weighted by Crippen LogP contribution is 2.28. The van der Waals surface area contributed by atoms with Gasteiger partial charge < -0.3 is 0 Å². The van der Waals surface area contributed by atoms with E-state index >= 15 is 0 Å². The Morgan fingerprint density at radius 3 is 1.88 bits per heavy atom. The van der Waals surface area contributed by atoms with Crippen LogP contribution in [0.25, 0.3) is 10.5 Å². The Morgan fingerprint density at radius 2 is 1.56 bits per heavy atom. The summed E-state index contributed by atoms with van der Waals surface area (Å²) in [5.74, 6) is -7.25. The average Bonchev–Trinajstić information content (AvgIpc) is 2.27. The van der Waals surface area contributed by atoms with Gasteiger partial charge in [0.25, 0.3) is 0 Å². The van der Waals surface area contributed by atoms with Gasteiger partial charge in [0.15, 0.2) is 29.0 Å². The lowest BCUT2D eigenvalue weighted by Crippen LogP contribution is -2.05. The molecule has 0 bridgehead atoms. The number of hydrogen-bond acceptors (Lipinski definition) is 1. The summed E-state index contributed by atoms with van der Waals surface area (Å²) in [6.07, 6.45) is 0. The number of nitrogens with zero attached hydrogens (tertiary/aromatic N) is 2. The number of rotatable bonds is 1. The monoisotopic (exact) mass is 226 g/mol. The molecule has 0 fully saturated rings. The number of nitriles is 1. The molecule has 2 nitrogen and oxygen atoms in total. The van der Waals surface area contributed by atoms with Crippen molar-refractivity contribution >= 4 is 5.70 Å². The van der Waals surface area contributed by atoms with Gasteiger partial charge in [-0.05, 0) is 0 Å². The van der Waals surface area contributed by atoms with Crippen molar-refractivity contribution in [2.24, 2.45) is 0 Å². The van der Waals surface area contributed by atoms with E-state index in [2.05, 4.69) is 11.4 Å². The van der Waals surface area contributed by atoms with Crippen LogP contribution in [0.1, 0.15) is 11.1 Å². The van der Waals surface area contributed by atoms with Gasteiger partial charge >= 0.3 is 0 Å². The lowest BCUT2D eigenvalue weighted by Gasteiger charge is -2.06. The molecule has 0 N–H and O–H groups in total. The molecule has 1 aromatic rings. The second kappa shape index (κ2) is 4.03. The first-order valence-corrected chi connectivity index (χ1v) is 3.78. The maximum absolute atomic E-state index is 13.2. The van der Waals surface area contributed by atoms with Crippen molar-refractivity contribution in [1.29, 1.82) is 5.26 Å². The average molecular weight is 226 g/mol. The zero-order valence-corrected chi connectivity index (χ0v) is 7.61. The summed E-state index contributed by atoms with van der Waals surface area (Å²) in [5, 5.41) is 8.29. The fraction of sp³-hybridized carbons (Fsp3) is 0. The first kappa shape index (κ1) is 11.7. The molecule has 0 spiro atoms. The Bertz CT molecular complexity index is 535. The molecule has 0 aliphatic carbocycles. The molecule has 0 aromatic heterocycles. The minimum absolute atomic E-state index is 0.780. The number of hydrogen-bond donors (Lipinski definition) is 0. The predicted molar refractivity (Wildman–Crippen MR) is 46.6 cm³/mol. The van der Waals surface area contributed by atoms with Crippen molar-refractivity contribution in [1.82, 2.24) is 0 Å². The Balaban J connectivity index is 3.77. The fourth-order valence-electron chi connectivity index (χ4n) is 1.04. The van der Waals surface area contributed by atoms with Gasteiger partial charge in [-0.1, -0.05) is 6.58 Å². The zero-order chi connectivity index (χ0) is 12.5. The van der Waals surface area contributed by atoms with E-state index in [0.717, 1.165) is 6.07 Å². The molecular formula is C10H2F4N2. The van der Waals surface area contributed by atoms with Crippen LogP contribution in [0.4, 0.5) is 17.6 Å². The van der Waals surface area contributed by atoms with Crippen molar-refractivity contribution < 1.29 is 17.6 Å². The largest absolute Gasteiger partial charge is 0.238 e. The van der Waals surface area contributed by atoms with Gasteiger partial charge in [-0.15, -0.1) is 0 Å². The van der Waals surface area contributed by atoms with Crippen molar-refractivity contribution in [3.63, 3.8) is 0 Å². The summed E-state index contributed by atoms with van der Waals surface area (Å²) in [6.45, 7) is 9.41. The van der Waals surface area contributed by atoms with E-state index in [-0.39, 0.29) is 0 Å². The van der Waals surface area contributed by atoms with Gasteiger partial charge in [-0.2, -0.15) is 5.26 Å².